The second-order valence-corrected chi connectivity index (χ2v) is 5.72. The minimum atomic E-state index is 0.270. The minimum Gasteiger partial charge on any atom is -0.380 e. The van der Waals surface area contributed by atoms with Crippen LogP contribution in [0, 0.1) is 0 Å². The summed E-state index contributed by atoms with van der Waals surface area (Å²) in [6, 6.07) is 7.50. The molecule has 0 atom stereocenters. The van der Waals surface area contributed by atoms with E-state index < -0.39 is 0 Å². The first-order chi connectivity index (χ1) is 11.3. The maximum absolute atomic E-state index is 5.83. The first-order valence-electron chi connectivity index (χ1n) is 6.87. The van der Waals surface area contributed by atoms with Gasteiger partial charge in [-0.25, -0.2) is 14.5 Å². The van der Waals surface area contributed by atoms with Crippen molar-refractivity contribution in [3.63, 3.8) is 0 Å². The largest absolute Gasteiger partial charge is 0.380 e. The van der Waals surface area contributed by atoms with Gasteiger partial charge in [0.2, 0.25) is 11.9 Å². The molecule has 0 fully saturated rings. The van der Waals surface area contributed by atoms with Gasteiger partial charge in [0, 0.05) is 23.6 Å². The van der Waals surface area contributed by atoms with Crippen LogP contribution in [0.1, 0.15) is 10.4 Å². The summed E-state index contributed by atoms with van der Waals surface area (Å²) in [4.78, 5) is 11.0. The molecule has 0 saturated carbocycles. The number of nitrogens with two attached hydrogens (primary N) is 1. The molecule has 0 amide bonds. The molecule has 0 radical (unpaired) electrons. The van der Waals surface area contributed by atoms with E-state index in [-0.39, 0.29) is 5.95 Å². The summed E-state index contributed by atoms with van der Waals surface area (Å²) in [5.74, 6) is 1.43. The van der Waals surface area contributed by atoms with Crippen LogP contribution >= 0.6 is 11.5 Å². The van der Waals surface area contributed by atoms with Crippen LogP contribution < -0.4 is 15.9 Å². The molecule has 1 aromatic carbocycles. The van der Waals surface area contributed by atoms with Crippen LogP contribution in [0.15, 0.2) is 36.7 Å². The molecule has 3 aromatic rings. The van der Waals surface area contributed by atoms with E-state index in [1.165, 1.54) is 16.4 Å². The zero-order valence-electron chi connectivity index (χ0n) is 11.9. The van der Waals surface area contributed by atoms with Gasteiger partial charge in [-0.15, -0.1) is 5.10 Å². The maximum atomic E-state index is 5.83. The Kier molecular flexibility index (Phi) is 3.31. The number of nitrogens with zero attached hydrogens (tertiary/aromatic N) is 4. The third kappa shape index (κ3) is 2.94. The molecule has 1 aliphatic rings. The third-order valence-corrected chi connectivity index (χ3v) is 4.04. The van der Waals surface area contributed by atoms with Gasteiger partial charge in [0.05, 0.1) is 11.4 Å². The number of benzene rings is 1. The van der Waals surface area contributed by atoms with Crippen molar-refractivity contribution >= 4 is 35.2 Å². The molecular weight excluding hydrogens is 314 g/mol. The van der Waals surface area contributed by atoms with Crippen molar-refractivity contribution in [2.45, 2.75) is 6.54 Å². The second-order valence-electron chi connectivity index (χ2n) is 4.89. The van der Waals surface area contributed by atoms with E-state index in [4.69, 9.17) is 10.6 Å². The summed E-state index contributed by atoms with van der Waals surface area (Å²) >= 11 is 1.49. The Bertz CT molecular complexity index is 839. The van der Waals surface area contributed by atoms with E-state index in [0.29, 0.717) is 12.5 Å². The molecule has 0 bridgehead atoms. The van der Waals surface area contributed by atoms with Crippen molar-refractivity contribution < 1.29 is 4.84 Å². The molecule has 4 N–H and O–H groups in total. The van der Waals surface area contributed by atoms with Crippen LogP contribution in [0.4, 0.5) is 17.6 Å². The van der Waals surface area contributed by atoms with Gasteiger partial charge in [0.15, 0.2) is 5.75 Å². The Morgan fingerprint density at radius 3 is 2.96 bits per heavy atom. The van der Waals surface area contributed by atoms with Crippen LogP contribution in [0.2, 0.25) is 0 Å². The molecule has 2 aromatic heterocycles. The normalized spacial score (nSPS) is 13.0. The highest BCUT2D eigenvalue weighted by Gasteiger charge is 2.13. The summed E-state index contributed by atoms with van der Waals surface area (Å²) in [5, 5.41) is 11.3. The molecule has 116 valence electrons. The SMILES string of the molecule is Nc1nc(Nc2ccc(ON3C=Cc4sncc4C3)cc2)n[nH]1. The predicted molar refractivity (Wildman–Crippen MR) is 87.8 cm³/mol. The number of hydrogen-bond donors (Lipinski definition) is 3. The highest BCUT2D eigenvalue weighted by Crippen LogP contribution is 2.25. The lowest BCUT2D eigenvalue weighted by Gasteiger charge is -2.23. The number of hydroxylamine groups is 2. The maximum Gasteiger partial charge on any atom is 0.248 e. The van der Waals surface area contributed by atoms with E-state index in [2.05, 4.69) is 24.9 Å². The van der Waals surface area contributed by atoms with Crippen molar-refractivity contribution in [3.05, 3.63) is 47.1 Å². The number of hydrogen-bond acceptors (Lipinski definition) is 8. The van der Waals surface area contributed by atoms with Gasteiger partial charge < -0.3 is 15.9 Å². The van der Waals surface area contributed by atoms with Crippen molar-refractivity contribution in [2.24, 2.45) is 0 Å². The van der Waals surface area contributed by atoms with Crippen LogP contribution in [-0.4, -0.2) is 24.6 Å². The summed E-state index contributed by atoms with van der Waals surface area (Å²) in [7, 11) is 0. The average Bonchev–Trinajstić information content (AvgIpc) is 3.17. The summed E-state index contributed by atoms with van der Waals surface area (Å²) in [6.07, 6.45) is 5.78. The fourth-order valence-corrected chi connectivity index (χ4v) is 2.80. The summed E-state index contributed by atoms with van der Waals surface area (Å²) in [6.45, 7) is 0.679. The van der Waals surface area contributed by atoms with Gasteiger partial charge in [-0.05, 0) is 41.9 Å². The fraction of sp³-hybridized carbons (Fsp3) is 0.0714. The average molecular weight is 327 g/mol. The van der Waals surface area contributed by atoms with Gasteiger partial charge in [-0.3, -0.25) is 0 Å². The number of aromatic amines is 1. The van der Waals surface area contributed by atoms with E-state index in [1.54, 1.807) is 5.06 Å². The van der Waals surface area contributed by atoms with E-state index in [0.717, 1.165) is 17.0 Å². The number of nitrogen functional groups attached to an aromatic ring is 1. The number of aromatic nitrogens is 4. The minimum absolute atomic E-state index is 0.270. The topological polar surface area (TPSA) is 105 Å². The predicted octanol–water partition coefficient (Wildman–Crippen LogP) is 2.37. The lowest BCUT2D eigenvalue weighted by molar-refractivity contribution is -0.0160. The Balaban J connectivity index is 1.40. The van der Waals surface area contributed by atoms with Crippen molar-refractivity contribution in [2.75, 3.05) is 11.1 Å². The molecule has 8 nitrogen and oxygen atoms in total. The fourth-order valence-electron chi connectivity index (χ4n) is 2.15. The van der Waals surface area contributed by atoms with Crippen LogP contribution in [0.5, 0.6) is 5.75 Å². The molecule has 0 saturated heterocycles. The lowest BCUT2D eigenvalue weighted by atomic mass is 10.2. The zero-order valence-corrected chi connectivity index (χ0v) is 12.7. The highest BCUT2D eigenvalue weighted by molar-refractivity contribution is 7.06. The van der Waals surface area contributed by atoms with Crippen molar-refractivity contribution in [1.82, 2.24) is 24.6 Å². The number of H-pyrrole nitrogens is 1. The monoisotopic (exact) mass is 327 g/mol. The second kappa shape index (κ2) is 5.61. The van der Waals surface area contributed by atoms with E-state index in [1.807, 2.05) is 42.7 Å². The number of anilines is 3. The van der Waals surface area contributed by atoms with Crippen LogP contribution in [-0.2, 0) is 6.54 Å². The molecule has 0 spiro atoms. The van der Waals surface area contributed by atoms with Gasteiger partial charge in [-0.2, -0.15) is 4.98 Å². The molecule has 3 heterocycles. The third-order valence-electron chi connectivity index (χ3n) is 3.23. The van der Waals surface area contributed by atoms with Crippen LogP contribution in [0.3, 0.4) is 0 Å². The number of rotatable bonds is 4. The Hall–Kier alpha value is -3.07. The Morgan fingerprint density at radius 2 is 2.17 bits per heavy atom. The quantitative estimate of drug-likeness (QED) is 0.675. The van der Waals surface area contributed by atoms with E-state index >= 15 is 0 Å². The summed E-state index contributed by atoms with van der Waals surface area (Å²) < 4.78 is 4.18. The molecular formula is C14H13N7OS. The van der Waals surface area contributed by atoms with Gasteiger partial charge in [-0.1, -0.05) is 0 Å². The first-order valence-corrected chi connectivity index (χ1v) is 7.65. The Morgan fingerprint density at radius 1 is 1.30 bits per heavy atom. The molecule has 23 heavy (non-hydrogen) atoms. The molecule has 0 aliphatic carbocycles. The van der Waals surface area contributed by atoms with Crippen molar-refractivity contribution in [3.8, 4) is 5.75 Å². The van der Waals surface area contributed by atoms with Gasteiger partial charge in [0.1, 0.15) is 0 Å². The van der Waals surface area contributed by atoms with Crippen LogP contribution in [0.25, 0.3) is 6.08 Å². The number of fused-ring (bicyclic) bond motifs is 1. The lowest BCUT2D eigenvalue weighted by Crippen LogP contribution is -2.22. The highest BCUT2D eigenvalue weighted by atomic mass is 32.1. The molecule has 1 aliphatic heterocycles. The van der Waals surface area contributed by atoms with Crippen molar-refractivity contribution in [1.29, 1.82) is 0 Å². The zero-order chi connectivity index (χ0) is 15.6. The smallest absolute Gasteiger partial charge is 0.248 e. The van der Waals surface area contributed by atoms with Gasteiger partial charge in [0.25, 0.3) is 0 Å². The number of nitrogens with one attached hydrogen (secondary N) is 2. The van der Waals surface area contributed by atoms with Gasteiger partial charge >= 0.3 is 0 Å². The molecule has 9 heteroatoms. The Labute approximate surface area is 135 Å². The molecule has 0 unspecified atom stereocenters. The standard InChI is InChI=1S/C14H13N7OS/c15-13-18-14(20-19-13)17-10-1-3-11(4-2-10)22-21-6-5-12-9(8-21)7-16-23-12/h1-7H,8H2,(H4,15,17,18,19,20). The first kappa shape index (κ1) is 13.6. The van der Waals surface area contributed by atoms with E-state index in [9.17, 15) is 0 Å². The molecule has 4 rings (SSSR count). The summed E-state index contributed by atoms with van der Waals surface area (Å²) in [5.41, 5.74) is 7.49.